The number of aliphatic imine (C=N–C) groups is 1. The smallest absolute Gasteiger partial charge is 0.488 e. The first-order valence-electron chi connectivity index (χ1n) is 12.7. The Bertz CT molecular complexity index is 1350. The standard InChI is InChI=1S/C30H29F3N2O3/c1-19-5-3-4-6-24(19)26-15-16-27(34-26)25-14-11-22(17-29(25)38-30(31,32)33)20-9-12-23(13-10-20)37-18-28(35-36-2)21-7-8-21/h3-6,9-14,17,21,27H,7-8,15-16,18H2,1-2H3. The first kappa shape index (κ1) is 25.8. The molecule has 5 rings (SSSR count). The number of benzene rings is 3. The fourth-order valence-electron chi connectivity index (χ4n) is 4.77. The van der Waals surface area contributed by atoms with Crippen LogP contribution in [-0.4, -0.2) is 31.5 Å². The van der Waals surface area contributed by atoms with E-state index in [2.05, 4.69) is 9.89 Å². The summed E-state index contributed by atoms with van der Waals surface area (Å²) in [5.74, 6) is 0.836. The summed E-state index contributed by atoms with van der Waals surface area (Å²) in [6.45, 7) is 2.34. The molecule has 0 amide bonds. The number of ether oxygens (including phenoxy) is 2. The second-order valence-electron chi connectivity index (χ2n) is 9.60. The highest BCUT2D eigenvalue weighted by Gasteiger charge is 2.34. The van der Waals surface area contributed by atoms with Gasteiger partial charge in [-0.15, -0.1) is 13.2 Å². The van der Waals surface area contributed by atoms with Crippen molar-refractivity contribution < 1.29 is 27.5 Å². The van der Waals surface area contributed by atoms with Crippen molar-refractivity contribution in [1.29, 1.82) is 0 Å². The molecule has 0 aromatic heterocycles. The van der Waals surface area contributed by atoms with Crippen LogP contribution in [0.2, 0.25) is 0 Å². The molecule has 8 heteroatoms. The molecule has 1 saturated carbocycles. The minimum Gasteiger partial charge on any atom is -0.488 e. The largest absolute Gasteiger partial charge is 0.573 e. The monoisotopic (exact) mass is 522 g/mol. The van der Waals surface area contributed by atoms with E-state index in [1.165, 1.54) is 13.2 Å². The number of rotatable bonds is 9. The van der Waals surface area contributed by atoms with Gasteiger partial charge in [0.05, 0.1) is 11.8 Å². The lowest BCUT2D eigenvalue weighted by molar-refractivity contribution is -0.274. The van der Waals surface area contributed by atoms with E-state index in [4.69, 9.17) is 14.6 Å². The Hall–Kier alpha value is -3.81. The van der Waals surface area contributed by atoms with E-state index in [0.717, 1.165) is 41.0 Å². The molecule has 198 valence electrons. The summed E-state index contributed by atoms with van der Waals surface area (Å²) in [7, 11) is 1.52. The summed E-state index contributed by atoms with van der Waals surface area (Å²) >= 11 is 0. The van der Waals surface area contributed by atoms with Crippen molar-refractivity contribution in [3.63, 3.8) is 0 Å². The maximum atomic E-state index is 13.4. The lowest BCUT2D eigenvalue weighted by Crippen LogP contribution is -2.18. The molecule has 0 spiro atoms. The zero-order chi connectivity index (χ0) is 26.7. The van der Waals surface area contributed by atoms with E-state index in [1.807, 2.05) is 49.4 Å². The normalized spacial score (nSPS) is 17.8. The van der Waals surface area contributed by atoms with Gasteiger partial charge in [0, 0.05) is 17.2 Å². The van der Waals surface area contributed by atoms with Crippen LogP contribution in [0.15, 0.2) is 76.9 Å². The number of hydrogen-bond acceptors (Lipinski definition) is 5. The molecule has 1 heterocycles. The minimum absolute atomic E-state index is 0.222. The molecular weight excluding hydrogens is 493 g/mol. The van der Waals surface area contributed by atoms with E-state index in [1.54, 1.807) is 18.2 Å². The van der Waals surface area contributed by atoms with Crippen LogP contribution < -0.4 is 9.47 Å². The lowest BCUT2D eigenvalue weighted by atomic mass is 9.97. The van der Waals surface area contributed by atoms with Crippen molar-refractivity contribution in [3.8, 4) is 22.6 Å². The second-order valence-corrected chi connectivity index (χ2v) is 9.60. The van der Waals surface area contributed by atoms with Crippen molar-refractivity contribution in [2.45, 2.75) is 45.0 Å². The summed E-state index contributed by atoms with van der Waals surface area (Å²) in [6, 6.07) is 19.7. The fraction of sp³-hybridized carbons (Fsp3) is 0.333. The average Bonchev–Trinajstić information content (AvgIpc) is 3.63. The van der Waals surface area contributed by atoms with E-state index in [0.29, 0.717) is 42.2 Å². The predicted octanol–water partition coefficient (Wildman–Crippen LogP) is 7.68. The van der Waals surface area contributed by atoms with Crippen LogP contribution in [0, 0.1) is 12.8 Å². The summed E-state index contributed by atoms with van der Waals surface area (Å²) in [5, 5.41) is 4.05. The highest BCUT2D eigenvalue weighted by molar-refractivity contribution is 6.03. The van der Waals surface area contributed by atoms with Gasteiger partial charge in [-0.3, -0.25) is 4.99 Å². The Morgan fingerprint density at radius 2 is 1.71 bits per heavy atom. The Morgan fingerprint density at radius 1 is 0.974 bits per heavy atom. The first-order chi connectivity index (χ1) is 18.3. The van der Waals surface area contributed by atoms with E-state index in [9.17, 15) is 13.2 Å². The predicted molar refractivity (Wildman–Crippen MR) is 141 cm³/mol. The Morgan fingerprint density at radius 3 is 2.39 bits per heavy atom. The fourth-order valence-corrected chi connectivity index (χ4v) is 4.77. The summed E-state index contributed by atoms with van der Waals surface area (Å²) < 4.78 is 50.4. The number of alkyl halides is 3. The number of halogens is 3. The third kappa shape index (κ3) is 6.18. The van der Waals surface area contributed by atoms with Gasteiger partial charge in [0.15, 0.2) is 0 Å². The zero-order valence-electron chi connectivity index (χ0n) is 21.3. The van der Waals surface area contributed by atoms with Crippen molar-refractivity contribution in [1.82, 2.24) is 0 Å². The molecule has 0 N–H and O–H groups in total. The number of aryl methyl sites for hydroxylation is 1. The van der Waals surface area contributed by atoms with Crippen LogP contribution >= 0.6 is 0 Å². The van der Waals surface area contributed by atoms with E-state index < -0.39 is 12.4 Å². The van der Waals surface area contributed by atoms with Gasteiger partial charge in [0.1, 0.15) is 25.2 Å². The van der Waals surface area contributed by atoms with Gasteiger partial charge < -0.3 is 14.3 Å². The number of nitrogens with zero attached hydrogens (tertiary/aromatic N) is 2. The Kier molecular flexibility index (Phi) is 7.40. The van der Waals surface area contributed by atoms with Crippen LogP contribution in [0.1, 0.15) is 48.4 Å². The van der Waals surface area contributed by atoms with Gasteiger partial charge in [-0.2, -0.15) is 0 Å². The maximum absolute atomic E-state index is 13.4. The zero-order valence-corrected chi connectivity index (χ0v) is 21.3. The molecule has 1 atom stereocenters. The molecule has 1 fully saturated rings. The molecule has 0 saturated heterocycles. The first-order valence-corrected chi connectivity index (χ1v) is 12.7. The van der Waals surface area contributed by atoms with Crippen molar-refractivity contribution >= 4 is 11.4 Å². The van der Waals surface area contributed by atoms with Crippen molar-refractivity contribution in [2.24, 2.45) is 16.1 Å². The van der Waals surface area contributed by atoms with Gasteiger partial charge in [0.25, 0.3) is 0 Å². The van der Waals surface area contributed by atoms with Gasteiger partial charge in [-0.05, 0) is 73.1 Å². The quantitative estimate of drug-likeness (QED) is 0.214. The molecule has 1 unspecified atom stereocenters. The average molecular weight is 523 g/mol. The van der Waals surface area contributed by atoms with Gasteiger partial charge in [-0.25, -0.2) is 0 Å². The van der Waals surface area contributed by atoms with E-state index in [-0.39, 0.29) is 5.75 Å². The molecule has 1 aliphatic heterocycles. The third-order valence-electron chi connectivity index (χ3n) is 6.85. The second kappa shape index (κ2) is 10.9. The van der Waals surface area contributed by atoms with Crippen LogP contribution in [0.3, 0.4) is 0 Å². The summed E-state index contributed by atoms with van der Waals surface area (Å²) in [5.41, 5.74) is 5.70. The van der Waals surface area contributed by atoms with Gasteiger partial charge >= 0.3 is 6.36 Å². The molecule has 5 nitrogen and oxygen atoms in total. The maximum Gasteiger partial charge on any atom is 0.573 e. The van der Waals surface area contributed by atoms with Gasteiger partial charge in [-0.1, -0.05) is 53.7 Å². The molecule has 38 heavy (non-hydrogen) atoms. The number of oxime groups is 1. The van der Waals surface area contributed by atoms with Crippen LogP contribution in [0.5, 0.6) is 11.5 Å². The van der Waals surface area contributed by atoms with E-state index >= 15 is 0 Å². The molecule has 3 aromatic rings. The lowest BCUT2D eigenvalue weighted by Gasteiger charge is -2.17. The summed E-state index contributed by atoms with van der Waals surface area (Å²) in [4.78, 5) is 9.70. The van der Waals surface area contributed by atoms with Crippen LogP contribution in [0.25, 0.3) is 11.1 Å². The molecule has 1 aliphatic carbocycles. The van der Waals surface area contributed by atoms with Crippen LogP contribution in [0.4, 0.5) is 13.2 Å². The highest BCUT2D eigenvalue weighted by atomic mass is 19.4. The SMILES string of the molecule is CON=C(COc1ccc(-c2ccc(C3CCC(c4ccccc4C)=N3)c(OC(F)(F)F)c2)cc1)C1CC1. The minimum atomic E-state index is -4.81. The highest BCUT2D eigenvalue weighted by Crippen LogP contribution is 2.40. The van der Waals surface area contributed by atoms with Gasteiger partial charge in [0.2, 0.25) is 0 Å². The third-order valence-corrected chi connectivity index (χ3v) is 6.85. The summed E-state index contributed by atoms with van der Waals surface area (Å²) in [6.07, 6.45) is -1.32. The van der Waals surface area contributed by atoms with Crippen LogP contribution in [-0.2, 0) is 4.84 Å². The molecule has 2 aliphatic rings. The molecular formula is C30H29F3N2O3. The molecule has 0 radical (unpaired) electrons. The number of hydrogen-bond donors (Lipinski definition) is 0. The van der Waals surface area contributed by atoms with Crippen molar-refractivity contribution in [2.75, 3.05) is 13.7 Å². The topological polar surface area (TPSA) is 52.4 Å². The Balaban J connectivity index is 1.37. The molecule has 0 bridgehead atoms. The molecule has 3 aromatic carbocycles. The Labute approximate surface area is 219 Å². The van der Waals surface area contributed by atoms with Crippen molar-refractivity contribution in [3.05, 3.63) is 83.4 Å².